The van der Waals surface area contributed by atoms with E-state index in [-0.39, 0.29) is 41.0 Å². The van der Waals surface area contributed by atoms with Crippen molar-refractivity contribution in [1.29, 1.82) is 0 Å². The highest BCUT2D eigenvalue weighted by Crippen LogP contribution is 2.55. The number of ether oxygens (including phenoxy) is 1. The molecule has 7 heteroatoms. The Morgan fingerprint density at radius 3 is 2.35 bits per heavy atom. The van der Waals surface area contributed by atoms with Crippen LogP contribution in [0, 0.1) is 23.7 Å². The first-order chi connectivity index (χ1) is 16.4. The molecule has 1 heterocycles. The summed E-state index contributed by atoms with van der Waals surface area (Å²) in [5.41, 5.74) is 3.68. The third-order valence-electron chi connectivity index (χ3n) is 7.22. The van der Waals surface area contributed by atoms with Gasteiger partial charge < -0.3 is 10.1 Å². The maximum Gasteiger partial charge on any atom is 0.338 e. The lowest BCUT2D eigenvalue weighted by molar-refractivity contribution is -0.123. The average Bonchev–Trinajstić information content (AvgIpc) is 3.48. The average molecular weight is 459 g/mol. The second-order valence-corrected chi connectivity index (χ2v) is 9.20. The van der Waals surface area contributed by atoms with Crippen molar-refractivity contribution in [3.05, 3.63) is 71.3 Å². The predicted octanol–water partition coefficient (Wildman–Crippen LogP) is 3.75. The molecule has 1 saturated heterocycles. The summed E-state index contributed by atoms with van der Waals surface area (Å²) in [6.07, 6.45) is 3.93. The van der Waals surface area contributed by atoms with Crippen molar-refractivity contribution in [3.8, 4) is 0 Å². The first kappa shape index (κ1) is 22.1. The van der Waals surface area contributed by atoms with Crippen LogP contribution in [0.5, 0.6) is 0 Å². The molecule has 5 rings (SSSR count). The molecule has 2 aliphatic carbocycles. The molecule has 2 aromatic carbocycles. The Kier molecular flexibility index (Phi) is 5.55. The fourth-order valence-electron chi connectivity index (χ4n) is 5.51. The Morgan fingerprint density at radius 2 is 1.68 bits per heavy atom. The number of hydrogen-bond acceptors (Lipinski definition) is 5. The van der Waals surface area contributed by atoms with E-state index < -0.39 is 18.5 Å². The summed E-state index contributed by atoms with van der Waals surface area (Å²) in [5.74, 6) is -1.67. The Labute approximate surface area is 197 Å². The smallest absolute Gasteiger partial charge is 0.338 e. The van der Waals surface area contributed by atoms with Crippen LogP contribution < -0.4 is 10.2 Å². The standard InChI is InChI=1S/C27H26N2O5/c1-3-16-4-8-19(9-5-16)28-22(30)14-34-27(33)17-6-10-20(11-7-17)29-25(31)23-18-12-15(2)21(13-18)24(23)26(29)32/h4-12,18,21,23-24H,3,13-14H2,1-2H3,(H,28,30)/t18-,21+,23-,24+/m0/s1. The van der Waals surface area contributed by atoms with Crippen LogP contribution in [0.4, 0.5) is 11.4 Å². The number of nitrogens with zero attached hydrogens (tertiary/aromatic N) is 1. The molecule has 1 N–H and O–H groups in total. The lowest BCUT2D eigenvalue weighted by atomic mass is 9.82. The second kappa shape index (κ2) is 8.56. The van der Waals surface area contributed by atoms with Crippen LogP contribution >= 0.6 is 0 Å². The number of aryl methyl sites for hydroxylation is 1. The van der Waals surface area contributed by atoms with Crippen LogP contribution in [0.3, 0.4) is 0 Å². The van der Waals surface area contributed by atoms with Gasteiger partial charge in [0.25, 0.3) is 5.91 Å². The van der Waals surface area contributed by atoms with Crippen LogP contribution in [0.1, 0.15) is 36.2 Å². The third kappa shape index (κ3) is 3.71. The summed E-state index contributed by atoms with van der Waals surface area (Å²) < 4.78 is 5.12. The van der Waals surface area contributed by atoms with E-state index in [4.69, 9.17) is 4.74 Å². The van der Waals surface area contributed by atoms with E-state index in [1.165, 1.54) is 22.6 Å². The molecule has 0 unspecified atom stereocenters. The van der Waals surface area contributed by atoms with Crippen molar-refractivity contribution in [2.75, 3.05) is 16.8 Å². The number of hydrogen-bond donors (Lipinski definition) is 1. The summed E-state index contributed by atoms with van der Waals surface area (Å²) in [4.78, 5) is 51.8. The molecule has 0 spiro atoms. The molecular formula is C27H26N2O5. The second-order valence-electron chi connectivity index (χ2n) is 9.20. The maximum atomic E-state index is 13.1. The van der Waals surface area contributed by atoms with Crippen LogP contribution in [0.15, 0.2) is 60.2 Å². The number of rotatable bonds is 6. The molecular weight excluding hydrogens is 432 g/mol. The van der Waals surface area contributed by atoms with Gasteiger partial charge in [0, 0.05) is 5.69 Å². The Morgan fingerprint density at radius 1 is 1.00 bits per heavy atom. The number of carbonyl (C=O) groups excluding carboxylic acids is 4. The van der Waals surface area contributed by atoms with Gasteiger partial charge >= 0.3 is 5.97 Å². The number of benzene rings is 2. The van der Waals surface area contributed by atoms with Crippen molar-refractivity contribution in [1.82, 2.24) is 0 Å². The van der Waals surface area contributed by atoms with E-state index in [1.807, 2.05) is 26.0 Å². The Hall–Kier alpha value is -3.74. The highest BCUT2D eigenvalue weighted by molar-refractivity contribution is 6.23. The first-order valence-electron chi connectivity index (χ1n) is 11.6. The molecule has 34 heavy (non-hydrogen) atoms. The summed E-state index contributed by atoms with van der Waals surface area (Å²) >= 11 is 0. The molecule has 2 aromatic rings. The topological polar surface area (TPSA) is 92.8 Å². The highest BCUT2D eigenvalue weighted by Gasteiger charge is 2.60. The van der Waals surface area contributed by atoms with E-state index >= 15 is 0 Å². The summed E-state index contributed by atoms with van der Waals surface area (Å²) in [5, 5.41) is 2.69. The zero-order valence-electron chi connectivity index (χ0n) is 19.1. The van der Waals surface area contributed by atoms with Gasteiger partial charge in [0.2, 0.25) is 11.8 Å². The zero-order chi connectivity index (χ0) is 24.0. The summed E-state index contributed by atoms with van der Waals surface area (Å²) in [6, 6.07) is 13.6. The quantitative estimate of drug-likeness (QED) is 0.404. The lowest BCUT2D eigenvalue weighted by Gasteiger charge is -2.19. The van der Waals surface area contributed by atoms with Crippen LogP contribution in [0.25, 0.3) is 0 Å². The molecule has 174 valence electrons. The number of imide groups is 1. The molecule has 0 radical (unpaired) electrons. The van der Waals surface area contributed by atoms with Gasteiger partial charge in [-0.05, 0) is 73.6 Å². The molecule has 2 fully saturated rings. The van der Waals surface area contributed by atoms with Crippen molar-refractivity contribution >= 4 is 35.1 Å². The number of nitrogens with one attached hydrogen (secondary N) is 1. The van der Waals surface area contributed by atoms with Gasteiger partial charge in [-0.15, -0.1) is 0 Å². The number of allylic oxidation sites excluding steroid dienone is 2. The Bertz CT molecular complexity index is 1200. The number of carbonyl (C=O) groups is 4. The number of anilines is 2. The van der Waals surface area contributed by atoms with E-state index in [0.717, 1.165) is 18.4 Å². The van der Waals surface area contributed by atoms with E-state index in [0.29, 0.717) is 11.4 Å². The summed E-state index contributed by atoms with van der Waals surface area (Å²) in [6.45, 7) is 3.66. The highest BCUT2D eigenvalue weighted by atomic mass is 16.5. The lowest BCUT2D eigenvalue weighted by Crippen LogP contribution is -2.33. The molecule has 4 atom stereocenters. The monoisotopic (exact) mass is 458 g/mol. The minimum atomic E-state index is -0.656. The van der Waals surface area contributed by atoms with Crippen molar-refractivity contribution in [2.45, 2.75) is 26.7 Å². The minimum absolute atomic E-state index is 0.140. The predicted molar refractivity (Wildman–Crippen MR) is 126 cm³/mol. The van der Waals surface area contributed by atoms with Gasteiger partial charge in [0.15, 0.2) is 6.61 Å². The van der Waals surface area contributed by atoms with Gasteiger partial charge in [0.05, 0.1) is 23.1 Å². The fourth-order valence-corrected chi connectivity index (χ4v) is 5.51. The van der Waals surface area contributed by atoms with Crippen LogP contribution in [-0.2, 0) is 25.5 Å². The number of fused-ring (bicyclic) bond motifs is 5. The fraction of sp³-hybridized carbons (Fsp3) is 0.333. The SMILES string of the molecule is CCc1ccc(NC(=O)COC(=O)c2ccc(N3C(=O)[C@@H]4[C@H](C3=O)[C@@H]3C[C@@H]4C=C3C)cc2)cc1. The molecule has 3 aliphatic rings. The summed E-state index contributed by atoms with van der Waals surface area (Å²) in [7, 11) is 0. The molecule has 1 aliphatic heterocycles. The van der Waals surface area contributed by atoms with Crippen molar-refractivity contribution in [2.24, 2.45) is 23.7 Å². The van der Waals surface area contributed by atoms with E-state index in [9.17, 15) is 19.2 Å². The first-order valence-corrected chi connectivity index (χ1v) is 11.6. The largest absolute Gasteiger partial charge is 0.452 e. The zero-order valence-corrected chi connectivity index (χ0v) is 19.1. The van der Waals surface area contributed by atoms with Gasteiger partial charge in [0.1, 0.15) is 0 Å². The Balaban J connectivity index is 1.19. The van der Waals surface area contributed by atoms with Gasteiger partial charge in [-0.1, -0.05) is 30.7 Å². The number of amides is 3. The van der Waals surface area contributed by atoms with Gasteiger partial charge in [-0.25, -0.2) is 4.79 Å². The van der Waals surface area contributed by atoms with Crippen LogP contribution in [0.2, 0.25) is 0 Å². The van der Waals surface area contributed by atoms with E-state index in [1.54, 1.807) is 24.3 Å². The van der Waals surface area contributed by atoms with Gasteiger partial charge in [-0.3, -0.25) is 19.3 Å². The van der Waals surface area contributed by atoms with Gasteiger partial charge in [-0.2, -0.15) is 0 Å². The molecule has 3 amide bonds. The van der Waals surface area contributed by atoms with Crippen LogP contribution in [-0.4, -0.2) is 30.3 Å². The molecule has 7 nitrogen and oxygen atoms in total. The molecule has 2 bridgehead atoms. The minimum Gasteiger partial charge on any atom is -0.452 e. The normalized spacial score (nSPS) is 24.8. The third-order valence-corrected chi connectivity index (χ3v) is 7.22. The van der Waals surface area contributed by atoms with Crippen molar-refractivity contribution in [3.63, 3.8) is 0 Å². The van der Waals surface area contributed by atoms with Crippen molar-refractivity contribution < 1.29 is 23.9 Å². The maximum absolute atomic E-state index is 13.1. The molecule has 0 aromatic heterocycles. The molecule has 1 saturated carbocycles. The number of esters is 1. The van der Waals surface area contributed by atoms with E-state index in [2.05, 4.69) is 11.4 Å².